The Morgan fingerprint density at radius 3 is 2.77 bits per heavy atom. The Labute approximate surface area is 134 Å². The number of allylic oxidation sites excluding steroid dienone is 5. The van der Waals surface area contributed by atoms with Gasteiger partial charge in [0.2, 0.25) is 0 Å². The lowest BCUT2D eigenvalue weighted by Crippen LogP contribution is -2.27. The summed E-state index contributed by atoms with van der Waals surface area (Å²) in [6.45, 7) is 5.78. The lowest BCUT2D eigenvalue weighted by atomic mass is 9.74. The van der Waals surface area contributed by atoms with Crippen LogP contribution in [0.3, 0.4) is 0 Å². The van der Waals surface area contributed by atoms with Crippen molar-refractivity contribution in [2.24, 2.45) is 11.8 Å². The quantitative estimate of drug-likeness (QED) is 0.513. The van der Waals surface area contributed by atoms with Gasteiger partial charge in [-0.3, -0.25) is 9.59 Å². The van der Waals surface area contributed by atoms with Gasteiger partial charge in [-0.05, 0) is 44.4 Å². The zero-order valence-electron chi connectivity index (χ0n) is 13.8. The third-order valence-corrected chi connectivity index (χ3v) is 5.04. The highest BCUT2D eigenvalue weighted by atomic mass is 16.1. The number of carbonyl (C=O) groups is 2. The summed E-state index contributed by atoms with van der Waals surface area (Å²) in [4.78, 5) is 25.1. The van der Waals surface area contributed by atoms with Crippen LogP contribution >= 0.6 is 0 Å². The molecule has 120 valence electrons. The Hall–Kier alpha value is -1.44. The largest absolute Gasteiger partial charge is 0.299 e. The molecular formula is C20H28O2. The normalized spacial score (nSPS) is 25.7. The number of Topliss-reactive ketones (excluding diaryl/α,β-unsaturated/α-hetero) is 2. The topological polar surface area (TPSA) is 34.1 Å². The second kappa shape index (κ2) is 8.26. The molecule has 0 bridgehead atoms. The first-order valence-electron chi connectivity index (χ1n) is 8.73. The highest BCUT2D eigenvalue weighted by Crippen LogP contribution is 2.36. The predicted molar refractivity (Wildman–Crippen MR) is 90.6 cm³/mol. The molecule has 0 heterocycles. The maximum atomic E-state index is 12.6. The molecular weight excluding hydrogens is 272 g/mol. The van der Waals surface area contributed by atoms with Gasteiger partial charge in [-0.1, -0.05) is 37.1 Å². The number of unbranched alkanes of at least 4 members (excludes halogenated alkanes) is 2. The molecule has 0 aromatic heterocycles. The third-order valence-electron chi connectivity index (χ3n) is 5.04. The molecule has 2 heteroatoms. The molecule has 0 aliphatic heterocycles. The Kier molecular flexibility index (Phi) is 6.35. The highest BCUT2D eigenvalue weighted by molar-refractivity contribution is 6.02. The van der Waals surface area contributed by atoms with Crippen molar-refractivity contribution in [2.45, 2.75) is 64.7 Å². The average Bonchev–Trinajstić information content (AvgIpc) is 2.54. The van der Waals surface area contributed by atoms with Gasteiger partial charge in [-0.15, -0.1) is 6.58 Å². The van der Waals surface area contributed by atoms with Gasteiger partial charge in [0.15, 0.2) is 5.78 Å². The highest BCUT2D eigenvalue weighted by Gasteiger charge is 2.31. The smallest absolute Gasteiger partial charge is 0.163 e. The summed E-state index contributed by atoms with van der Waals surface area (Å²) >= 11 is 0. The van der Waals surface area contributed by atoms with Crippen LogP contribution in [0.5, 0.6) is 0 Å². The molecule has 1 unspecified atom stereocenters. The van der Waals surface area contributed by atoms with Crippen LogP contribution in [0.25, 0.3) is 0 Å². The van der Waals surface area contributed by atoms with Gasteiger partial charge in [0, 0.05) is 24.3 Å². The molecule has 0 fully saturated rings. The second-order valence-electron chi connectivity index (χ2n) is 6.55. The summed E-state index contributed by atoms with van der Waals surface area (Å²) < 4.78 is 0. The minimum absolute atomic E-state index is 0.0763. The van der Waals surface area contributed by atoms with E-state index in [-0.39, 0.29) is 17.6 Å². The van der Waals surface area contributed by atoms with Crippen molar-refractivity contribution in [3.63, 3.8) is 0 Å². The van der Waals surface area contributed by atoms with Gasteiger partial charge in [0.1, 0.15) is 5.78 Å². The fourth-order valence-corrected chi connectivity index (χ4v) is 3.69. The molecule has 2 aliphatic rings. The van der Waals surface area contributed by atoms with E-state index in [0.29, 0.717) is 18.6 Å². The average molecular weight is 300 g/mol. The van der Waals surface area contributed by atoms with E-state index in [9.17, 15) is 9.59 Å². The van der Waals surface area contributed by atoms with E-state index >= 15 is 0 Å². The zero-order chi connectivity index (χ0) is 15.9. The Morgan fingerprint density at radius 1 is 1.23 bits per heavy atom. The van der Waals surface area contributed by atoms with Crippen LogP contribution in [0, 0.1) is 11.8 Å². The number of ketones is 2. The number of carbonyl (C=O) groups excluding carboxylic acids is 2. The number of rotatable bonds is 6. The molecule has 0 N–H and O–H groups in total. The fourth-order valence-electron chi connectivity index (χ4n) is 3.69. The lowest BCUT2D eigenvalue weighted by molar-refractivity contribution is -0.127. The van der Waals surface area contributed by atoms with Gasteiger partial charge in [0.25, 0.3) is 0 Å². The van der Waals surface area contributed by atoms with Crippen molar-refractivity contribution in [1.82, 2.24) is 0 Å². The fraction of sp³-hybridized carbons (Fsp3) is 0.600. The Morgan fingerprint density at radius 2 is 2.05 bits per heavy atom. The van der Waals surface area contributed by atoms with Crippen LogP contribution in [-0.4, -0.2) is 11.6 Å². The molecule has 2 atom stereocenters. The van der Waals surface area contributed by atoms with Crippen LogP contribution in [0.15, 0.2) is 36.0 Å². The molecule has 0 spiro atoms. The van der Waals surface area contributed by atoms with Gasteiger partial charge in [-0.2, -0.15) is 0 Å². The van der Waals surface area contributed by atoms with E-state index in [0.717, 1.165) is 50.5 Å². The van der Waals surface area contributed by atoms with E-state index in [1.165, 1.54) is 5.57 Å². The van der Waals surface area contributed by atoms with E-state index in [4.69, 9.17) is 0 Å². The van der Waals surface area contributed by atoms with E-state index < -0.39 is 0 Å². The summed E-state index contributed by atoms with van der Waals surface area (Å²) in [6.07, 6.45) is 14.1. The maximum absolute atomic E-state index is 12.6. The molecule has 0 saturated heterocycles. The minimum atomic E-state index is -0.0763. The summed E-state index contributed by atoms with van der Waals surface area (Å²) in [7, 11) is 0. The van der Waals surface area contributed by atoms with Crippen molar-refractivity contribution in [3.05, 3.63) is 36.0 Å². The monoisotopic (exact) mass is 300 g/mol. The molecule has 0 radical (unpaired) electrons. The molecule has 0 aromatic carbocycles. The van der Waals surface area contributed by atoms with Crippen molar-refractivity contribution >= 4 is 11.6 Å². The minimum Gasteiger partial charge on any atom is -0.299 e. The summed E-state index contributed by atoms with van der Waals surface area (Å²) in [5, 5.41) is 0. The van der Waals surface area contributed by atoms with Crippen molar-refractivity contribution in [2.75, 3.05) is 0 Å². The first-order valence-corrected chi connectivity index (χ1v) is 8.73. The molecule has 2 rings (SSSR count). The van der Waals surface area contributed by atoms with Gasteiger partial charge in [-0.25, -0.2) is 0 Å². The zero-order valence-corrected chi connectivity index (χ0v) is 13.8. The second-order valence-corrected chi connectivity index (χ2v) is 6.55. The van der Waals surface area contributed by atoms with Gasteiger partial charge < -0.3 is 0 Å². The van der Waals surface area contributed by atoms with Crippen molar-refractivity contribution in [3.8, 4) is 0 Å². The molecule has 22 heavy (non-hydrogen) atoms. The predicted octanol–water partition coefficient (Wildman–Crippen LogP) is 4.95. The van der Waals surface area contributed by atoms with E-state index in [2.05, 4.69) is 12.7 Å². The van der Waals surface area contributed by atoms with Crippen LogP contribution in [0.2, 0.25) is 0 Å². The first-order chi connectivity index (χ1) is 10.7. The lowest BCUT2D eigenvalue weighted by Gasteiger charge is -2.29. The van der Waals surface area contributed by atoms with Crippen molar-refractivity contribution in [1.29, 1.82) is 0 Å². The molecule has 0 aromatic rings. The van der Waals surface area contributed by atoms with E-state index in [1.807, 2.05) is 19.1 Å². The molecule has 2 aliphatic carbocycles. The Balaban J connectivity index is 2.21. The maximum Gasteiger partial charge on any atom is 0.163 e. The van der Waals surface area contributed by atoms with Crippen LogP contribution in [0.1, 0.15) is 64.7 Å². The summed E-state index contributed by atoms with van der Waals surface area (Å²) in [5.41, 5.74) is 2.18. The first kappa shape index (κ1) is 16.9. The summed E-state index contributed by atoms with van der Waals surface area (Å²) in [6, 6.07) is 0. The third kappa shape index (κ3) is 4.06. The van der Waals surface area contributed by atoms with Crippen LogP contribution in [0.4, 0.5) is 0 Å². The standard InChI is InChI=1S/C20H28O2/c1-3-5-6-7-10-16-14-19(21)15(4-2)13-20(22)18-12-9-8-11-17(16)18/h3,9,12,15-16H,1,4-8,10-11,13-14H2,2H3/t15-,16?/m0/s1. The van der Waals surface area contributed by atoms with Crippen LogP contribution < -0.4 is 0 Å². The van der Waals surface area contributed by atoms with Crippen molar-refractivity contribution < 1.29 is 9.59 Å². The van der Waals surface area contributed by atoms with Gasteiger partial charge >= 0.3 is 0 Å². The van der Waals surface area contributed by atoms with Crippen LogP contribution in [-0.2, 0) is 9.59 Å². The summed E-state index contributed by atoms with van der Waals surface area (Å²) in [5.74, 6) is 0.677. The van der Waals surface area contributed by atoms with E-state index in [1.54, 1.807) is 0 Å². The van der Waals surface area contributed by atoms with Gasteiger partial charge in [0.05, 0.1) is 0 Å². The molecule has 2 nitrogen and oxygen atoms in total. The Bertz CT molecular complexity index is 496. The molecule has 0 saturated carbocycles. The SMILES string of the molecule is C=CCCCCC1CC(=O)[C@@H](CC)CC(=O)C2=C1CCC=C2. The number of hydrogen-bond donors (Lipinski definition) is 0. The number of hydrogen-bond acceptors (Lipinski definition) is 2. The molecule has 0 amide bonds.